The molecule has 0 aliphatic rings. The SMILES string of the molecule is CCOC(=O)C(C)NC(=O)COc1ccc([N+](=O)[O-])cc1. The molecule has 1 atom stereocenters. The maximum absolute atomic E-state index is 11.6. The van der Waals surface area contributed by atoms with Crippen LogP contribution in [0.1, 0.15) is 13.8 Å². The Labute approximate surface area is 121 Å². The van der Waals surface area contributed by atoms with Gasteiger partial charge in [0.05, 0.1) is 11.5 Å². The van der Waals surface area contributed by atoms with Gasteiger partial charge >= 0.3 is 5.97 Å². The van der Waals surface area contributed by atoms with E-state index in [-0.39, 0.29) is 18.9 Å². The van der Waals surface area contributed by atoms with Gasteiger partial charge in [0.2, 0.25) is 0 Å². The molecule has 8 nitrogen and oxygen atoms in total. The minimum Gasteiger partial charge on any atom is -0.484 e. The second kappa shape index (κ2) is 7.83. The molecule has 8 heteroatoms. The maximum atomic E-state index is 11.6. The fourth-order valence-electron chi connectivity index (χ4n) is 1.42. The Bertz CT molecular complexity index is 514. The van der Waals surface area contributed by atoms with E-state index in [1.807, 2.05) is 0 Å². The van der Waals surface area contributed by atoms with Crippen LogP contribution in [0.25, 0.3) is 0 Å². The van der Waals surface area contributed by atoms with E-state index in [4.69, 9.17) is 9.47 Å². The Morgan fingerprint density at radius 3 is 2.48 bits per heavy atom. The number of hydrogen-bond acceptors (Lipinski definition) is 6. The van der Waals surface area contributed by atoms with Crippen molar-refractivity contribution >= 4 is 17.6 Å². The number of nitro benzene ring substituents is 1. The smallest absolute Gasteiger partial charge is 0.328 e. The van der Waals surface area contributed by atoms with Crippen LogP contribution in [-0.2, 0) is 14.3 Å². The van der Waals surface area contributed by atoms with Crippen molar-refractivity contribution in [1.29, 1.82) is 0 Å². The molecule has 0 aromatic heterocycles. The third-order valence-electron chi connectivity index (χ3n) is 2.44. The summed E-state index contributed by atoms with van der Waals surface area (Å²) in [5.41, 5.74) is -0.0669. The molecule has 0 aliphatic carbocycles. The van der Waals surface area contributed by atoms with Gasteiger partial charge in [-0.25, -0.2) is 4.79 Å². The summed E-state index contributed by atoms with van der Waals surface area (Å²) >= 11 is 0. The molecule has 21 heavy (non-hydrogen) atoms. The number of nitrogens with one attached hydrogen (secondary N) is 1. The van der Waals surface area contributed by atoms with Crippen LogP contribution in [0.2, 0.25) is 0 Å². The monoisotopic (exact) mass is 296 g/mol. The summed E-state index contributed by atoms with van der Waals surface area (Å²) in [4.78, 5) is 32.8. The number of benzene rings is 1. The van der Waals surface area contributed by atoms with Crippen LogP contribution < -0.4 is 10.1 Å². The summed E-state index contributed by atoms with van der Waals surface area (Å²) in [5.74, 6) is -0.699. The molecule has 0 spiro atoms. The van der Waals surface area contributed by atoms with Crippen LogP contribution in [0.3, 0.4) is 0 Å². The highest BCUT2D eigenvalue weighted by Gasteiger charge is 2.16. The summed E-state index contributed by atoms with van der Waals surface area (Å²) in [6.07, 6.45) is 0. The summed E-state index contributed by atoms with van der Waals surface area (Å²) in [5, 5.41) is 12.9. The lowest BCUT2D eigenvalue weighted by Gasteiger charge is -2.13. The molecule has 1 amide bonds. The fraction of sp³-hybridized carbons (Fsp3) is 0.385. The topological polar surface area (TPSA) is 108 Å². The molecular weight excluding hydrogens is 280 g/mol. The zero-order valence-corrected chi connectivity index (χ0v) is 11.7. The lowest BCUT2D eigenvalue weighted by Crippen LogP contribution is -2.41. The largest absolute Gasteiger partial charge is 0.484 e. The van der Waals surface area contributed by atoms with Crippen LogP contribution in [0, 0.1) is 10.1 Å². The highest BCUT2D eigenvalue weighted by molar-refractivity contribution is 5.84. The Balaban J connectivity index is 2.42. The van der Waals surface area contributed by atoms with Crippen molar-refractivity contribution in [2.24, 2.45) is 0 Å². The molecule has 1 aromatic rings. The molecular formula is C13H16N2O6. The highest BCUT2D eigenvalue weighted by atomic mass is 16.6. The van der Waals surface area contributed by atoms with Crippen LogP contribution in [0.15, 0.2) is 24.3 Å². The first-order valence-corrected chi connectivity index (χ1v) is 6.27. The summed E-state index contributed by atoms with van der Waals surface area (Å²) in [6, 6.07) is 4.56. The first-order valence-electron chi connectivity index (χ1n) is 6.27. The molecule has 0 bridgehead atoms. The van der Waals surface area contributed by atoms with Crippen LogP contribution in [-0.4, -0.2) is 36.1 Å². The van der Waals surface area contributed by atoms with Gasteiger partial charge in [0.25, 0.3) is 11.6 Å². The molecule has 1 N–H and O–H groups in total. The summed E-state index contributed by atoms with van der Waals surface area (Å²) in [7, 11) is 0. The zero-order chi connectivity index (χ0) is 15.8. The molecule has 0 aliphatic heterocycles. The average Bonchev–Trinajstić information content (AvgIpc) is 2.45. The lowest BCUT2D eigenvalue weighted by molar-refractivity contribution is -0.384. The van der Waals surface area contributed by atoms with Crippen LogP contribution in [0.5, 0.6) is 5.75 Å². The first-order chi connectivity index (χ1) is 9.93. The number of nitro groups is 1. The number of rotatable bonds is 7. The Hall–Kier alpha value is -2.64. The van der Waals surface area contributed by atoms with Crippen molar-refractivity contribution in [1.82, 2.24) is 5.32 Å². The van der Waals surface area contributed by atoms with E-state index in [1.165, 1.54) is 31.2 Å². The molecule has 1 unspecified atom stereocenters. The van der Waals surface area contributed by atoms with Gasteiger partial charge in [-0.15, -0.1) is 0 Å². The van der Waals surface area contributed by atoms with Crippen molar-refractivity contribution in [2.75, 3.05) is 13.2 Å². The predicted octanol–water partition coefficient (Wildman–Crippen LogP) is 1.04. The summed E-state index contributed by atoms with van der Waals surface area (Å²) < 4.78 is 9.90. The molecule has 0 radical (unpaired) electrons. The molecule has 0 heterocycles. The van der Waals surface area contributed by atoms with Crippen molar-refractivity contribution in [3.8, 4) is 5.75 Å². The summed E-state index contributed by atoms with van der Waals surface area (Å²) in [6.45, 7) is 3.10. The van der Waals surface area contributed by atoms with Gasteiger partial charge in [0.1, 0.15) is 11.8 Å². The van der Waals surface area contributed by atoms with Crippen molar-refractivity contribution in [3.63, 3.8) is 0 Å². The Morgan fingerprint density at radius 1 is 1.33 bits per heavy atom. The molecule has 1 rings (SSSR count). The molecule has 1 aromatic carbocycles. The zero-order valence-electron chi connectivity index (χ0n) is 11.7. The second-order valence-electron chi connectivity index (χ2n) is 4.08. The standard InChI is InChI=1S/C13H16N2O6/c1-3-20-13(17)9(2)14-12(16)8-21-11-6-4-10(5-7-11)15(18)19/h4-7,9H,3,8H2,1-2H3,(H,14,16). The van der Waals surface area contributed by atoms with Gasteiger partial charge in [-0.3, -0.25) is 14.9 Å². The van der Waals surface area contributed by atoms with E-state index in [1.54, 1.807) is 6.92 Å². The number of carbonyl (C=O) groups is 2. The lowest BCUT2D eigenvalue weighted by atomic mass is 10.3. The van der Waals surface area contributed by atoms with Gasteiger partial charge in [-0.1, -0.05) is 0 Å². The Kier molecular flexibility index (Phi) is 6.12. The van der Waals surface area contributed by atoms with Gasteiger partial charge < -0.3 is 14.8 Å². The molecule has 0 saturated heterocycles. The normalized spacial score (nSPS) is 11.3. The fourth-order valence-corrected chi connectivity index (χ4v) is 1.42. The minimum absolute atomic E-state index is 0.0669. The second-order valence-corrected chi connectivity index (χ2v) is 4.08. The quantitative estimate of drug-likeness (QED) is 0.457. The number of amides is 1. The van der Waals surface area contributed by atoms with Crippen LogP contribution in [0.4, 0.5) is 5.69 Å². The number of nitrogens with zero attached hydrogens (tertiary/aromatic N) is 1. The maximum Gasteiger partial charge on any atom is 0.328 e. The van der Waals surface area contributed by atoms with Gasteiger partial charge in [-0.2, -0.15) is 0 Å². The van der Waals surface area contributed by atoms with Gasteiger partial charge in [-0.05, 0) is 26.0 Å². The molecule has 0 fully saturated rings. The van der Waals surface area contributed by atoms with Crippen molar-refractivity contribution < 1.29 is 24.0 Å². The van der Waals surface area contributed by atoms with Gasteiger partial charge in [0.15, 0.2) is 6.61 Å². The van der Waals surface area contributed by atoms with Crippen molar-refractivity contribution in [3.05, 3.63) is 34.4 Å². The predicted molar refractivity (Wildman–Crippen MR) is 72.8 cm³/mol. The van der Waals surface area contributed by atoms with E-state index < -0.39 is 22.8 Å². The minimum atomic E-state index is -0.766. The number of non-ortho nitro benzene ring substituents is 1. The van der Waals surface area contributed by atoms with E-state index >= 15 is 0 Å². The third-order valence-corrected chi connectivity index (χ3v) is 2.44. The van der Waals surface area contributed by atoms with E-state index in [2.05, 4.69) is 5.32 Å². The van der Waals surface area contributed by atoms with E-state index in [0.29, 0.717) is 5.75 Å². The number of ether oxygens (including phenoxy) is 2. The number of hydrogen-bond donors (Lipinski definition) is 1. The van der Waals surface area contributed by atoms with Crippen molar-refractivity contribution in [2.45, 2.75) is 19.9 Å². The highest BCUT2D eigenvalue weighted by Crippen LogP contribution is 2.16. The first kappa shape index (κ1) is 16.4. The van der Waals surface area contributed by atoms with E-state index in [0.717, 1.165) is 0 Å². The van der Waals surface area contributed by atoms with Crippen LogP contribution >= 0.6 is 0 Å². The average molecular weight is 296 g/mol. The Morgan fingerprint density at radius 2 is 1.95 bits per heavy atom. The third kappa shape index (κ3) is 5.47. The van der Waals surface area contributed by atoms with E-state index in [9.17, 15) is 19.7 Å². The molecule has 0 saturated carbocycles. The number of carbonyl (C=O) groups excluding carboxylic acids is 2. The molecule has 114 valence electrons. The van der Waals surface area contributed by atoms with Gasteiger partial charge in [0, 0.05) is 12.1 Å². The number of esters is 1.